The fourth-order valence-corrected chi connectivity index (χ4v) is 1.81. The number of nitrogens with two attached hydrogens (primary N) is 1. The molecule has 0 radical (unpaired) electrons. The summed E-state index contributed by atoms with van der Waals surface area (Å²) in [5, 5.41) is 17.4. The lowest BCUT2D eigenvalue weighted by molar-refractivity contribution is -0.384. The minimum Gasteiger partial charge on any atom is -0.384 e. The number of halogens is 2. The van der Waals surface area contributed by atoms with Gasteiger partial charge in [0, 0.05) is 19.2 Å². The number of aryl methyl sites for hydroxylation is 1. The van der Waals surface area contributed by atoms with Crippen LogP contribution < -0.4 is 11.1 Å². The number of benzene rings is 1. The Morgan fingerprint density at radius 3 is 2.85 bits per heavy atom. The Morgan fingerprint density at radius 1 is 1.60 bits per heavy atom. The van der Waals surface area contributed by atoms with Crippen LogP contribution >= 0.6 is 11.6 Å². The predicted octanol–water partition coefficient (Wildman–Crippen LogP) is 2.32. The molecule has 1 aromatic heterocycles. The van der Waals surface area contributed by atoms with Gasteiger partial charge in [0.2, 0.25) is 0 Å². The van der Waals surface area contributed by atoms with E-state index < -0.39 is 16.4 Å². The number of nitrogens with zero attached hydrogens (tertiary/aromatic N) is 3. The summed E-state index contributed by atoms with van der Waals surface area (Å²) in [5.74, 6) is -0.404. The minimum atomic E-state index is -0.843. The maximum atomic E-state index is 13.3. The molecule has 0 saturated carbocycles. The van der Waals surface area contributed by atoms with Gasteiger partial charge in [-0.3, -0.25) is 14.8 Å². The van der Waals surface area contributed by atoms with Gasteiger partial charge < -0.3 is 11.1 Å². The van der Waals surface area contributed by atoms with E-state index in [1.54, 1.807) is 13.2 Å². The molecule has 2 aromatic rings. The molecule has 20 heavy (non-hydrogen) atoms. The summed E-state index contributed by atoms with van der Waals surface area (Å²) in [6.45, 7) is 0.211. The van der Waals surface area contributed by atoms with Crippen molar-refractivity contribution in [3.05, 3.63) is 44.8 Å². The van der Waals surface area contributed by atoms with E-state index in [4.69, 9.17) is 17.3 Å². The van der Waals surface area contributed by atoms with Crippen LogP contribution in [0, 0.1) is 15.9 Å². The number of nitrogens with one attached hydrogen (secondary N) is 1. The first kappa shape index (κ1) is 14.1. The molecular weight excluding hydrogens is 289 g/mol. The zero-order valence-corrected chi connectivity index (χ0v) is 11.2. The molecule has 0 saturated heterocycles. The third kappa shape index (κ3) is 2.64. The Balaban J connectivity index is 2.27. The number of hydrogen-bond acceptors (Lipinski definition) is 5. The largest absolute Gasteiger partial charge is 0.384 e. The first-order valence-corrected chi connectivity index (χ1v) is 5.91. The number of aromatic nitrogens is 2. The van der Waals surface area contributed by atoms with E-state index in [1.807, 2.05) is 0 Å². The molecule has 0 aliphatic rings. The maximum absolute atomic E-state index is 13.3. The van der Waals surface area contributed by atoms with Crippen LogP contribution in [0.25, 0.3) is 0 Å². The fourth-order valence-electron chi connectivity index (χ4n) is 1.65. The second-order valence-corrected chi connectivity index (χ2v) is 4.48. The van der Waals surface area contributed by atoms with Crippen molar-refractivity contribution in [2.75, 3.05) is 11.1 Å². The number of nitrogen functional groups attached to an aromatic ring is 1. The lowest BCUT2D eigenvalue weighted by Gasteiger charge is -2.07. The van der Waals surface area contributed by atoms with Crippen LogP contribution in [0.1, 0.15) is 5.56 Å². The van der Waals surface area contributed by atoms with Gasteiger partial charge in [-0.15, -0.1) is 0 Å². The van der Waals surface area contributed by atoms with Gasteiger partial charge in [0.05, 0.1) is 22.2 Å². The number of nitro benzene ring substituents is 1. The van der Waals surface area contributed by atoms with E-state index in [2.05, 4.69) is 10.4 Å². The number of rotatable bonds is 4. The summed E-state index contributed by atoms with van der Waals surface area (Å²) in [6, 6.07) is 1.94. The average Bonchev–Trinajstić information content (AvgIpc) is 2.71. The predicted molar refractivity (Wildman–Crippen MR) is 73.0 cm³/mol. The minimum absolute atomic E-state index is 0.115. The summed E-state index contributed by atoms with van der Waals surface area (Å²) in [6.07, 6.45) is 1.54. The topological polar surface area (TPSA) is 99.0 Å². The molecule has 0 bridgehead atoms. The third-order valence-corrected chi connectivity index (χ3v) is 3.06. The standard InChI is InChI=1S/C11H11ClFN5O2/c1-17-11(14)6(5-16-17)4-15-9-2-7(12)8(13)3-10(9)18(19)20/h2-3,5,15H,4,14H2,1H3. The van der Waals surface area contributed by atoms with E-state index in [1.165, 1.54) is 10.7 Å². The molecule has 2 rings (SSSR count). The number of nitro groups is 1. The Hall–Kier alpha value is -2.35. The lowest BCUT2D eigenvalue weighted by atomic mass is 10.2. The zero-order chi connectivity index (χ0) is 14.9. The summed E-state index contributed by atoms with van der Waals surface area (Å²) >= 11 is 5.63. The second kappa shape index (κ2) is 5.33. The van der Waals surface area contributed by atoms with Crippen LogP contribution in [-0.4, -0.2) is 14.7 Å². The maximum Gasteiger partial charge on any atom is 0.295 e. The van der Waals surface area contributed by atoms with Crippen LogP contribution in [0.4, 0.5) is 21.6 Å². The Kier molecular flexibility index (Phi) is 3.75. The molecule has 9 heteroatoms. The highest BCUT2D eigenvalue weighted by molar-refractivity contribution is 6.31. The van der Waals surface area contributed by atoms with Crippen molar-refractivity contribution in [1.82, 2.24) is 9.78 Å². The smallest absolute Gasteiger partial charge is 0.295 e. The SMILES string of the molecule is Cn1ncc(CNc2cc(Cl)c(F)cc2[N+](=O)[O-])c1N. The van der Waals surface area contributed by atoms with Crippen molar-refractivity contribution < 1.29 is 9.31 Å². The molecule has 1 heterocycles. The fraction of sp³-hybridized carbons (Fsp3) is 0.182. The molecule has 0 fully saturated rings. The highest BCUT2D eigenvalue weighted by atomic mass is 35.5. The first-order chi connectivity index (χ1) is 9.40. The van der Waals surface area contributed by atoms with E-state index >= 15 is 0 Å². The van der Waals surface area contributed by atoms with Gasteiger partial charge in [0.15, 0.2) is 0 Å². The molecule has 0 aliphatic carbocycles. The van der Waals surface area contributed by atoms with Crippen molar-refractivity contribution in [2.45, 2.75) is 6.54 Å². The summed E-state index contributed by atoms with van der Waals surface area (Å²) in [7, 11) is 1.68. The van der Waals surface area contributed by atoms with E-state index in [0.717, 1.165) is 6.07 Å². The molecule has 0 spiro atoms. The monoisotopic (exact) mass is 299 g/mol. The molecule has 1 aromatic carbocycles. The molecule has 106 valence electrons. The van der Waals surface area contributed by atoms with Gasteiger partial charge in [0.1, 0.15) is 17.3 Å². The molecule has 0 aliphatic heterocycles. The van der Waals surface area contributed by atoms with Crippen molar-refractivity contribution in [1.29, 1.82) is 0 Å². The molecule has 0 unspecified atom stereocenters. The number of anilines is 2. The van der Waals surface area contributed by atoms with Gasteiger partial charge in [-0.05, 0) is 6.07 Å². The molecule has 0 atom stereocenters. The summed E-state index contributed by atoms with van der Waals surface area (Å²) < 4.78 is 14.7. The van der Waals surface area contributed by atoms with Gasteiger partial charge in [-0.25, -0.2) is 4.39 Å². The summed E-state index contributed by atoms with van der Waals surface area (Å²) in [5.41, 5.74) is 6.15. The third-order valence-electron chi connectivity index (χ3n) is 2.77. The second-order valence-electron chi connectivity index (χ2n) is 4.07. The van der Waals surface area contributed by atoms with Crippen LogP contribution in [0.3, 0.4) is 0 Å². The zero-order valence-electron chi connectivity index (χ0n) is 10.4. The van der Waals surface area contributed by atoms with E-state index in [-0.39, 0.29) is 17.3 Å². The first-order valence-electron chi connectivity index (χ1n) is 5.53. The Labute approximate surface area is 118 Å². The molecular formula is C11H11ClFN5O2. The normalized spacial score (nSPS) is 10.6. The van der Waals surface area contributed by atoms with Crippen molar-refractivity contribution in [3.63, 3.8) is 0 Å². The van der Waals surface area contributed by atoms with Crippen LogP contribution in [0.2, 0.25) is 5.02 Å². The Morgan fingerprint density at radius 2 is 2.30 bits per heavy atom. The average molecular weight is 300 g/mol. The lowest BCUT2D eigenvalue weighted by Crippen LogP contribution is -2.06. The summed E-state index contributed by atoms with van der Waals surface area (Å²) in [4.78, 5) is 10.2. The van der Waals surface area contributed by atoms with Crippen LogP contribution in [-0.2, 0) is 13.6 Å². The highest BCUT2D eigenvalue weighted by Crippen LogP contribution is 2.30. The number of hydrogen-bond donors (Lipinski definition) is 2. The van der Waals surface area contributed by atoms with Gasteiger partial charge >= 0.3 is 0 Å². The van der Waals surface area contributed by atoms with Gasteiger partial charge in [0.25, 0.3) is 5.69 Å². The molecule has 3 N–H and O–H groups in total. The van der Waals surface area contributed by atoms with Gasteiger partial charge in [-0.2, -0.15) is 5.10 Å². The Bertz CT molecular complexity index is 673. The van der Waals surface area contributed by atoms with E-state index in [9.17, 15) is 14.5 Å². The van der Waals surface area contributed by atoms with Crippen molar-refractivity contribution >= 4 is 28.8 Å². The molecule has 7 nitrogen and oxygen atoms in total. The van der Waals surface area contributed by atoms with Crippen LogP contribution in [0.15, 0.2) is 18.3 Å². The van der Waals surface area contributed by atoms with Crippen molar-refractivity contribution in [2.24, 2.45) is 7.05 Å². The van der Waals surface area contributed by atoms with E-state index in [0.29, 0.717) is 11.4 Å². The van der Waals surface area contributed by atoms with Crippen LogP contribution in [0.5, 0.6) is 0 Å². The molecule has 0 amide bonds. The highest BCUT2D eigenvalue weighted by Gasteiger charge is 2.18. The van der Waals surface area contributed by atoms with Gasteiger partial charge in [-0.1, -0.05) is 11.6 Å². The van der Waals surface area contributed by atoms with Crippen molar-refractivity contribution in [3.8, 4) is 0 Å². The quantitative estimate of drug-likeness (QED) is 0.666.